The first-order chi connectivity index (χ1) is 23.3. The summed E-state index contributed by atoms with van der Waals surface area (Å²) in [7, 11) is -4.41. The number of hydrogen-bond acceptors (Lipinski definition) is 7. The first-order valence-electron chi connectivity index (χ1n) is 18.8. The fraction of sp³-hybridized carbons (Fsp3) is 0.763. The molecule has 4 unspecified atom stereocenters. The van der Waals surface area contributed by atoms with Gasteiger partial charge in [-0.2, -0.15) is 0 Å². The molecule has 48 heavy (non-hydrogen) atoms. The summed E-state index contributed by atoms with van der Waals surface area (Å²) in [5.41, 5.74) is 5.33. The summed E-state index contributed by atoms with van der Waals surface area (Å²) in [5, 5.41) is 23.8. The first kappa shape index (κ1) is 46.4. The van der Waals surface area contributed by atoms with Crippen molar-refractivity contribution in [2.24, 2.45) is 5.73 Å². The molecule has 10 heteroatoms. The van der Waals surface area contributed by atoms with Crippen molar-refractivity contribution in [3.63, 3.8) is 0 Å². The fourth-order valence-corrected chi connectivity index (χ4v) is 5.77. The third-order valence-corrected chi connectivity index (χ3v) is 8.89. The molecule has 0 aromatic carbocycles. The van der Waals surface area contributed by atoms with Crippen LogP contribution >= 0.6 is 7.82 Å². The average Bonchev–Trinajstić information content (AvgIpc) is 3.06. The Morgan fingerprint density at radius 1 is 0.708 bits per heavy atom. The monoisotopic (exact) mass is 698 g/mol. The van der Waals surface area contributed by atoms with Crippen LogP contribution in [0.25, 0.3) is 0 Å². The third-order valence-electron chi connectivity index (χ3n) is 7.91. The molecule has 0 aliphatic carbocycles. The van der Waals surface area contributed by atoms with Crippen molar-refractivity contribution in [1.29, 1.82) is 0 Å². The van der Waals surface area contributed by atoms with Crippen LogP contribution in [0.4, 0.5) is 0 Å². The molecule has 0 fully saturated rings. The smallest absolute Gasteiger partial charge is 0.393 e. The Labute approximate surface area is 293 Å². The number of nitrogens with two attached hydrogens (primary N) is 1. The summed E-state index contributed by atoms with van der Waals surface area (Å²) in [6, 6.07) is -1.01. The highest BCUT2D eigenvalue weighted by Crippen LogP contribution is 2.43. The number of allylic oxidation sites excluding steroid dienone is 7. The normalized spacial score (nSPS) is 15.5. The highest BCUT2D eigenvalue weighted by Gasteiger charge is 2.27. The van der Waals surface area contributed by atoms with Crippen molar-refractivity contribution in [3.8, 4) is 0 Å². The minimum Gasteiger partial charge on any atom is -0.393 e. The highest BCUT2D eigenvalue weighted by molar-refractivity contribution is 7.47. The van der Waals surface area contributed by atoms with E-state index in [1.807, 2.05) is 6.08 Å². The van der Waals surface area contributed by atoms with Gasteiger partial charge in [0, 0.05) is 6.54 Å². The van der Waals surface area contributed by atoms with E-state index in [0.29, 0.717) is 12.8 Å². The van der Waals surface area contributed by atoms with Crippen LogP contribution in [-0.2, 0) is 18.4 Å². The summed E-state index contributed by atoms with van der Waals surface area (Å²) in [6.45, 7) is 3.83. The summed E-state index contributed by atoms with van der Waals surface area (Å²) >= 11 is 0. The van der Waals surface area contributed by atoms with Crippen molar-refractivity contribution >= 4 is 13.7 Å². The quantitative estimate of drug-likeness (QED) is 0.0254. The molecule has 0 spiro atoms. The van der Waals surface area contributed by atoms with Gasteiger partial charge in [-0.25, -0.2) is 4.57 Å². The van der Waals surface area contributed by atoms with Gasteiger partial charge in [-0.3, -0.25) is 13.8 Å². The Kier molecular flexibility index (Phi) is 32.8. The largest absolute Gasteiger partial charge is 0.472 e. The lowest BCUT2D eigenvalue weighted by molar-refractivity contribution is -0.124. The van der Waals surface area contributed by atoms with E-state index in [-0.39, 0.29) is 19.6 Å². The number of amides is 1. The van der Waals surface area contributed by atoms with Crippen molar-refractivity contribution in [3.05, 3.63) is 48.6 Å². The molecule has 0 aromatic heterocycles. The van der Waals surface area contributed by atoms with Crippen LogP contribution in [0.2, 0.25) is 0 Å². The molecule has 0 rings (SSSR count). The van der Waals surface area contributed by atoms with Crippen LogP contribution in [0, 0.1) is 0 Å². The first-order valence-corrected chi connectivity index (χ1v) is 20.3. The molecule has 280 valence electrons. The number of phosphoric ester groups is 1. The molecule has 0 saturated heterocycles. The number of rotatable bonds is 34. The number of aliphatic hydroxyl groups excluding tert-OH is 2. The summed E-state index contributed by atoms with van der Waals surface area (Å²) < 4.78 is 21.9. The van der Waals surface area contributed by atoms with Crippen LogP contribution in [0.1, 0.15) is 149 Å². The number of aliphatic hydroxyl groups is 2. The van der Waals surface area contributed by atoms with Crippen molar-refractivity contribution in [1.82, 2.24) is 5.32 Å². The molecule has 0 saturated carbocycles. The SMILES string of the molecule is CCCC/C=C\CCCCC(O)CC(=O)NC(COP(=O)(O)OCCN)C(O)/C=C/CC/C=C/CC/C=C/CCCCCCCCCC. The number of hydrogen-bond donors (Lipinski definition) is 5. The maximum Gasteiger partial charge on any atom is 0.472 e. The van der Waals surface area contributed by atoms with Gasteiger partial charge in [-0.1, -0.05) is 127 Å². The minimum absolute atomic E-state index is 0.0387. The Morgan fingerprint density at radius 3 is 1.79 bits per heavy atom. The zero-order valence-corrected chi connectivity index (χ0v) is 31.2. The molecule has 0 aliphatic heterocycles. The van der Waals surface area contributed by atoms with E-state index >= 15 is 0 Å². The average molecular weight is 699 g/mol. The molecule has 0 bridgehead atoms. The van der Waals surface area contributed by atoms with E-state index in [2.05, 4.69) is 55.6 Å². The van der Waals surface area contributed by atoms with Gasteiger partial charge in [0.05, 0.1) is 37.9 Å². The Morgan fingerprint density at radius 2 is 1.21 bits per heavy atom. The van der Waals surface area contributed by atoms with Crippen LogP contribution in [0.15, 0.2) is 48.6 Å². The van der Waals surface area contributed by atoms with E-state index in [9.17, 15) is 24.5 Å². The number of unbranched alkanes of at least 4 members (excludes halogenated alkanes) is 14. The third kappa shape index (κ3) is 31.7. The summed E-state index contributed by atoms with van der Waals surface area (Å²) in [5.74, 6) is -0.478. The Bertz CT molecular complexity index is 909. The van der Waals surface area contributed by atoms with E-state index in [1.54, 1.807) is 6.08 Å². The van der Waals surface area contributed by atoms with Crippen molar-refractivity contribution in [2.45, 2.75) is 167 Å². The lowest BCUT2D eigenvalue weighted by atomic mass is 10.1. The molecule has 0 radical (unpaired) electrons. The predicted molar refractivity (Wildman–Crippen MR) is 200 cm³/mol. The van der Waals surface area contributed by atoms with Crippen LogP contribution in [-0.4, -0.2) is 59.0 Å². The number of nitrogens with one attached hydrogen (secondary N) is 1. The molecular weight excluding hydrogens is 627 g/mol. The molecule has 9 nitrogen and oxygen atoms in total. The number of carbonyl (C=O) groups excluding carboxylic acids is 1. The maximum atomic E-state index is 12.7. The van der Waals surface area contributed by atoms with Gasteiger partial charge in [0.25, 0.3) is 0 Å². The topological polar surface area (TPSA) is 151 Å². The maximum absolute atomic E-state index is 12.7. The molecular formula is C38H71N2O7P. The van der Waals surface area contributed by atoms with Crippen LogP contribution in [0.5, 0.6) is 0 Å². The zero-order valence-electron chi connectivity index (χ0n) is 30.3. The van der Waals surface area contributed by atoms with Gasteiger partial charge < -0.3 is 26.2 Å². The highest BCUT2D eigenvalue weighted by atomic mass is 31.2. The standard InChI is InChI=1S/C38H71N2O7P/c1-3-5-7-9-11-13-14-15-16-17-18-19-20-21-22-24-26-28-30-37(42)36(34-47-48(44,45)46-32-31-39)40-38(43)33-35(41)29-27-25-23-12-10-8-6-4-2/h10,12,17-18,21-22,28,30,35-37,41-42H,3-9,11,13-16,19-20,23-27,29,31-34,39H2,1-2H3,(H,40,43)(H,44,45)/b12-10-,18-17+,22-21+,30-28+. The summed E-state index contributed by atoms with van der Waals surface area (Å²) in [4.78, 5) is 22.6. The molecule has 4 atom stereocenters. The van der Waals surface area contributed by atoms with Gasteiger partial charge in [-0.15, -0.1) is 0 Å². The second-order valence-corrected chi connectivity index (χ2v) is 14.0. The lowest BCUT2D eigenvalue weighted by Gasteiger charge is -2.24. The molecule has 0 aromatic rings. The minimum atomic E-state index is -4.41. The van der Waals surface area contributed by atoms with Crippen molar-refractivity contribution < 1.29 is 33.5 Å². The van der Waals surface area contributed by atoms with Gasteiger partial charge in [-0.05, 0) is 64.2 Å². The van der Waals surface area contributed by atoms with E-state index in [1.165, 1.54) is 64.2 Å². The Hall–Kier alpha value is -1.58. The van der Waals surface area contributed by atoms with Crippen LogP contribution in [0.3, 0.4) is 0 Å². The molecule has 0 heterocycles. The van der Waals surface area contributed by atoms with E-state index in [0.717, 1.165) is 51.4 Å². The zero-order chi connectivity index (χ0) is 35.6. The Balaban J connectivity index is 4.52. The second-order valence-electron chi connectivity index (χ2n) is 12.6. The van der Waals surface area contributed by atoms with E-state index in [4.69, 9.17) is 14.8 Å². The molecule has 1 amide bonds. The van der Waals surface area contributed by atoms with E-state index < -0.39 is 38.6 Å². The number of carbonyl (C=O) groups is 1. The fourth-order valence-electron chi connectivity index (χ4n) is 5.01. The lowest BCUT2D eigenvalue weighted by Crippen LogP contribution is -2.46. The van der Waals surface area contributed by atoms with Gasteiger partial charge in [0.1, 0.15) is 0 Å². The number of phosphoric acid groups is 1. The predicted octanol–water partition coefficient (Wildman–Crippen LogP) is 8.74. The van der Waals surface area contributed by atoms with Gasteiger partial charge in [0.15, 0.2) is 0 Å². The summed E-state index contributed by atoms with van der Waals surface area (Å²) in [6.07, 6.45) is 36.4. The van der Waals surface area contributed by atoms with Crippen molar-refractivity contribution in [2.75, 3.05) is 19.8 Å². The van der Waals surface area contributed by atoms with Crippen LogP contribution < -0.4 is 11.1 Å². The molecule has 6 N–H and O–H groups in total. The second kappa shape index (κ2) is 33.9. The van der Waals surface area contributed by atoms with Gasteiger partial charge >= 0.3 is 7.82 Å². The van der Waals surface area contributed by atoms with Gasteiger partial charge in [0.2, 0.25) is 5.91 Å². The molecule has 0 aliphatic rings.